The average Bonchev–Trinajstić information content (AvgIpc) is 2.55. The molecule has 2 aromatic rings. The number of nitrogens with zero attached hydrogens (tertiary/aromatic N) is 1. The third-order valence-corrected chi connectivity index (χ3v) is 3.02. The summed E-state index contributed by atoms with van der Waals surface area (Å²) < 4.78 is 5.09. The molecule has 2 aromatic carbocycles. The molecule has 2 amide bonds. The molecule has 0 atom stereocenters. The van der Waals surface area contributed by atoms with Gasteiger partial charge in [-0.1, -0.05) is 35.9 Å². The predicted molar refractivity (Wildman–Crippen MR) is 88.8 cm³/mol. The van der Waals surface area contributed by atoms with E-state index in [9.17, 15) is 9.59 Å². The molecule has 23 heavy (non-hydrogen) atoms. The van der Waals surface area contributed by atoms with Crippen LogP contribution in [0.25, 0.3) is 0 Å². The molecule has 0 bridgehead atoms. The predicted octanol–water partition coefficient (Wildman–Crippen LogP) is 2.44. The van der Waals surface area contributed by atoms with Crippen LogP contribution in [-0.2, 0) is 9.59 Å². The summed E-state index contributed by atoms with van der Waals surface area (Å²) in [4.78, 5) is 23.5. The van der Waals surface area contributed by atoms with Crippen molar-refractivity contribution in [1.82, 2.24) is 5.43 Å². The minimum Gasteiger partial charge on any atom is -0.495 e. The molecule has 2 N–H and O–H groups in total. The van der Waals surface area contributed by atoms with Crippen LogP contribution in [0.5, 0.6) is 5.75 Å². The number of ether oxygens (including phenoxy) is 1. The van der Waals surface area contributed by atoms with Crippen LogP contribution in [0.15, 0.2) is 53.6 Å². The van der Waals surface area contributed by atoms with E-state index < -0.39 is 11.8 Å². The Balaban J connectivity index is 1.94. The number of nitrogens with one attached hydrogen (secondary N) is 2. The van der Waals surface area contributed by atoms with Crippen molar-refractivity contribution in [2.75, 3.05) is 12.4 Å². The first-order valence-electron chi connectivity index (χ1n) is 6.63. The first-order valence-corrected chi connectivity index (χ1v) is 7.01. The summed E-state index contributed by atoms with van der Waals surface area (Å²) in [5.74, 6) is -1.29. The van der Waals surface area contributed by atoms with Gasteiger partial charge in [-0.3, -0.25) is 9.59 Å². The third-order valence-electron chi connectivity index (χ3n) is 2.79. The van der Waals surface area contributed by atoms with Crippen LogP contribution in [0.4, 0.5) is 5.69 Å². The molecule has 2 rings (SSSR count). The van der Waals surface area contributed by atoms with E-state index in [1.54, 1.807) is 48.5 Å². The summed E-state index contributed by atoms with van der Waals surface area (Å²) in [5, 5.41) is 6.71. The van der Waals surface area contributed by atoms with E-state index >= 15 is 0 Å². The minimum atomic E-state index is -0.894. The number of carbonyl (C=O) groups is 2. The number of hydrazone groups is 1. The van der Waals surface area contributed by atoms with Crippen molar-refractivity contribution in [3.8, 4) is 5.75 Å². The molecule has 6 nitrogen and oxygen atoms in total. The van der Waals surface area contributed by atoms with Gasteiger partial charge in [-0.05, 0) is 29.8 Å². The lowest BCUT2D eigenvalue weighted by Gasteiger charge is -2.08. The highest BCUT2D eigenvalue weighted by Gasteiger charge is 2.14. The fraction of sp³-hybridized carbons (Fsp3) is 0.0625. The molecule has 0 radical (unpaired) electrons. The van der Waals surface area contributed by atoms with E-state index in [-0.39, 0.29) is 0 Å². The number of benzene rings is 2. The summed E-state index contributed by atoms with van der Waals surface area (Å²) >= 11 is 5.83. The maximum absolute atomic E-state index is 11.8. The van der Waals surface area contributed by atoms with E-state index in [0.29, 0.717) is 22.0 Å². The van der Waals surface area contributed by atoms with Gasteiger partial charge in [0, 0.05) is 5.02 Å². The molecular weight excluding hydrogens is 318 g/mol. The van der Waals surface area contributed by atoms with Gasteiger partial charge in [-0.25, -0.2) is 5.43 Å². The van der Waals surface area contributed by atoms with E-state index in [4.69, 9.17) is 16.3 Å². The number of anilines is 1. The van der Waals surface area contributed by atoms with Gasteiger partial charge < -0.3 is 10.1 Å². The Bertz CT molecular complexity index is 747. The Morgan fingerprint density at radius 2 is 1.91 bits per heavy atom. The number of carbonyl (C=O) groups excluding carboxylic acids is 2. The zero-order valence-corrected chi connectivity index (χ0v) is 13.0. The molecule has 0 aromatic heterocycles. The summed E-state index contributed by atoms with van der Waals surface area (Å²) in [7, 11) is 1.47. The lowest BCUT2D eigenvalue weighted by Crippen LogP contribution is -2.32. The van der Waals surface area contributed by atoms with Crippen molar-refractivity contribution < 1.29 is 14.3 Å². The number of hydrogen-bond donors (Lipinski definition) is 2. The van der Waals surface area contributed by atoms with Crippen molar-refractivity contribution in [3.63, 3.8) is 0 Å². The molecule has 0 spiro atoms. The number of amides is 2. The Kier molecular flexibility index (Phi) is 5.71. The SMILES string of the molecule is COc1ccccc1NC(=O)C(=O)N/N=C\c1cccc(Cl)c1. The maximum Gasteiger partial charge on any atom is 0.329 e. The number of halogens is 1. The number of hydrogen-bond acceptors (Lipinski definition) is 4. The van der Waals surface area contributed by atoms with Crippen molar-refractivity contribution in [2.24, 2.45) is 5.10 Å². The van der Waals surface area contributed by atoms with Gasteiger partial charge in [0.2, 0.25) is 0 Å². The molecule has 0 aliphatic heterocycles. The number of para-hydroxylation sites is 2. The summed E-state index contributed by atoms with van der Waals surface area (Å²) in [6.45, 7) is 0. The largest absolute Gasteiger partial charge is 0.495 e. The zero-order chi connectivity index (χ0) is 16.7. The molecule has 0 fully saturated rings. The molecule has 7 heteroatoms. The van der Waals surface area contributed by atoms with Gasteiger partial charge in [-0.15, -0.1) is 0 Å². The summed E-state index contributed by atoms with van der Waals surface area (Å²) in [6.07, 6.45) is 1.39. The average molecular weight is 332 g/mol. The van der Waals surface area contributed by atoms with Gasteiger partial charge in [-0.2, -0.15) is 5.10 Å². The highest BCUT2D eigenvalue weighted by Crippen LogP contribution is 2.22. The normalized spacial score (nSPS) is 10.3. The second-order valence-electron chi connectivity index (χ2n) is 4.41. The van der Waals surface area contributed by atoms with Crippen LogP contribution in [0.1, 0.15) is 5.56 Å². The smallest absolute Gasteiger partial charge is 0.329 e. The molecule has 0 saturated heterocycles. The quantitative estimate of drug-likeness (QED) is 0.513. The van der Waals surface area contributed by atoms with Crippen molar-refractivity contribution in [3.05, 3.63) is 59.1 Å². The lowest BCUT2D eigenvalue weighted by molar-refractivity contribution is -0.136. The molecular formula is C16H14ClN3O3. The first kappa shape index (κ1) is 16.5. The van der Waals surface area contributed by atoms with Gasteiger partial charge in [0.05, 0.1) is 19.0 Å². The van der Waals surface area contributed by atoms with Crippen LogP contribution < -0.4 is 15.5 Å². The second kappa shape index (κ2) is 7.95. The van der Waals surface area contributed by atoms with Gasteiger partial charge >= 0.3 is 11.8 Å². The van der Waals surface area contributed by atoms with Crippen molar-refractivity contribution in [2.45, 2.75) is 0 Å². The topological polar surface area (TPSA) is 79.8 Å². The van der Waals surface area contributed by atoms with Gasteiger partial charge in [0.15, 0.2) is 0 Å². The Morgan fingerprint density at radius 3 is 2.65 bits per heavy atom. The summed E-state index contributed by atoms with van der Waals surface area (Å²) in [5.41, 5.74) is 3.24. The second-order valence-corrected chi connectivity index (χ2v) is 4.84. The molecule has 0 aliphatic rings. The monoisotopic (exact) mass is 331 g/mol. The maximum atomic E-state index is 11.8. The van der Waals surface area contributed by atoms with Crippen molar-refractivity contribution >= 4 is 35.3 Å². The highest BCUT2D eigenvalue weighted by molar-refractivity contribution is 6.39. The molecule has 0 saturated carbocycles. The van der Waals surface area contributed by atoms with E-state index in [1.165, 1.54) is 13.3 Å². The minimum absolute atomic E-state index is 0.397. The Morgan fingerprint density at radius 1 is 1.13 bits per heavy atom. The summed E-state index contributed by atoms with van der Waals surface area (Å²) in [6, 6.07) is 13.7. The molecule has 0 unspecified atom stereocenters. The zero-order valence-electron chi connectivity index (χ0n) is 12.2. The number of rotatable bonds is 4. The number of methoxy groups -OCH3 is 1. The fourth-order valence-corrected chi connectivity index (χ4v) is 1.93. The Labute approximate surface area is 138 Å². The van der Waals surface area contributed by atoms with Crippen molar-refractivity contribution in [1.29, 1.82) is 0 Å². The fourth-order valence-electron chi connectivity index (χ4n) is 1.73. The van der Waals surface area contributed by atoms with E-state index in [2.05, 4.69) is 15.8 Å². The van der Waals surface area contributed by atoms with Gasteiger partial charge in [0.25, 0.3) is 0 Å². The van der Waals surface area contributed by atoms with Crippen LogP contribution in [0, 0.1) is 0 Å². The third kappa shape index (κ3) is 4.82. The van der Waals surface area contributed by atoms with Crippen LogP contribution in [-0.4, -0.2) is 25.1 Å². The van der Waals surface area contributed by atoms with Crippen LogP contribution >= 0.6 is 11.6 Å². The highest BCUT2D eigenvalue weighted by atomic mass is 35.5. The van der Waals surface area contributed by atoms with E-state index in [0.717, 1.165) is 0 Å². The van der Waals surface area contributed by atoms with Gasteiger partial charge in [0.1, 0.15) is 5.75 Å². The molecule has 0 aliphatic carbocycles. The molecule has 118 valence electrons. The lowest BCUT2D eigenvalue weighted by atomic mass is 10.2. The molecule has 0 heterocycles. The van der Waals surface area contributed by atoms with Crippen LogP contribution in [0.3, 0.4) is 0 Å². The first-order chi connectivity index (χ1) is 11.1. The Hall–Kier alpha value is -2.86. The van der Waals surface area contributed by atoms with E-state index in [1.807, 2.05) is 0 Å². The standard InChI is InChI=1S/C16H14ClN3O3/c1-23-14-8-3-2-7-13(14)19-15(21)16(22)20-18-10-11-5-4-6-12(17)9-11/h2-10H,1H3,(H,19,21)(H,20,22)/b18-10-. The van der Waals surface area contributed by atoms with Crippen LogP contribution in [0.2, 0.25) is 5.02 Å².